The number of benzene rings is 3. The number of methoxy groups -OCH3 is 1. The molecule has 0 radical (unpaired) electrons. The molecule has 0 saturated heterocycles. The second kappa shape index (κ2) is 7.69. The van der Waals surface area contributed by atoms with Crippen LogP contribution in [0.3, 0.4) is 0 Å². The Kier molecular flexibility index (Phi) is 5.57. The number of nitrogens with one attached hydrogen (secondary N) is 1. The van der Waals surface area contributed by atoms with E-state index in [4.69, 9.17) is 16.3 Å². The molecule has 11 heteroatoms. The first-order valence-electron chi connectivity index (χ1n) is 8.18. The summed E-state index contributed by atoms with van der Waals surface area (Å²) in [5.41, 5.74) is -5.81. The Hall–Kier alpha value is -2.98. The molecule has 1 amide bonds. The molecule has 30 heavy (non-hydrogen) atoms. The summed E-state index contributed by atoms with van der Waals surface area (Å²) in [6, 6.07) is 10.1. The maximum absolute atomic E-state index is 12.7. The minimum atomic E-state index is -5.59. The summed E-state index contributed by atoms with van der Waals surface area (Å²) >= 11 is 5.88. The predicted octanol–water partition coefficient (Wildman–Crippen LogP) is 4.75. The van der Waals surface area contributed by atoms with E-state index in [-0.39, 0.29) is 17.0 Å². The number of hydrogen-bond donors (Lipinski definition) is 2. The molecule has 0 aliphatic heterocycles. The van der Waals surface area contributed by atoms with Crippen LogP contribution in [0.25, 0.3) is 10.8 Å². The average Bonchev–Trinajstić information content (AvgIpc) is 2.69. The van der Waals surface area contributed by atoms with E-state index in [1.807, 2.05) is 0 Å². The minimum absolute atomic E-state index is 0.144. The molecule has 0 bridgehead atoms. The molecule has 3 aromatic carbocycles. The number of amides is 1. The fourth-order valence-electron chi connectivity index (χ4n) is 2.76. The molecular weight excluding hydrogens is 447 g/mol. The van der Waals surface area contributed by atoms with Gasteiger partial charge in [-0.2, -0.15) is 13.2 Å². The molecule has 2 N–H and O–H groups in total. The quantitative estimate of drug-likeness (QED) is 0.587. The van der Waals surface area contributed by atoms with Crippen molar-refractivity contribution < 1.29 is 36.2 Å². The Bertz CT molecular complexity index is 1260. The van der Waals surface area contributed by atoms with Gasteiger partial charge < -0.3 is 15.2 Å². The van der Waals surface area contributed by atoms with Crippen molar-refractivity contribution in [1.29, 1.82) is 0 Å². The number of aromatic hydroxyl groups is 1. The maximum Gasteiger partial charge on any atom is 0.501 e. The van der Waals surface area contributed by atoms with Crippen molar-refractivity contribution in [3.63, 3.8) is 0 Å². The van der Waals surface area contributed by atoms with Crippen molar-refractivity contribution in [2.24, 2.45) is 0 Å². The molecule has 3 aromatic rings. The molecule has 0 saturated carbocycles. The van der Waals surface area contributed by atoms with Gasteiger partial charge in [-0.15, -0.1) is 0 Å². The summed E-state index contributed by atoms with van der Waals surface area (Å²) in [5, 5.41) is 13.3. The predicted molar refractivity (Wildman–Crippen MR) is 105 cm³/mol. The third kappa shape index (κ3) is 3.75. The lowest BCUT2D eigenvalue weighted by Crippen LogP contribution is -2.23. The fraction of sp³-hybridized carbons (Fsp3) is 0.105. The number of anilines is 1. The number of phenols is 1. The standard InChI is InChI=1S/C19H13ClF3NO5S/c1-29-16-9-13(17(25)12-5-3-2-4-11(12)16)18(26)24-15-7-6-10(8-14(15)20)30(27,28)19(21,22)23/h2-9,25H,1H3,(H,24,26). The van der Waals surface area contributed by atoms with Crippen LogP contribution in [-0.2, 0) is 9.84 Å². The first-order chi connectivity index (χ1) is 14.0. The van der Waals surface area contributed by atoms with Gasteiger partial charge in [-0.3, -0.25) is 4.79 Å². The molecule has 0 atom stereocenters. The molecule has 0 aromatic heterocycles. The van der Waals surface area contributed by atoms with Crippen LogP contribution >= 0.6 is 11.6 Å². The number of ether oxygens (including phenoxy) is 1. The van der Waals surface area contributed by atoms with Gasteiger partial charge in [0.15, 0.2) is 0 Å². The van der Waals surface area contributed by atoms with E-state index in [9.17, 15) is 31.5 Å². The normalized spacial score (nSPS) is 12.0. The second-order valence-electron chi connectivity index (χ2n) is 6.07. The Morgan fingerprint density at radius 2 is 1.73 bits per heavy atom. The van der Waals surface area contributed by atoms with Gasteiger partial charge in [0.05, 0.1) is 28.3 Å². The second-order valence-corrected chi connectivity index (χ2v) is 8.41. The number of hydrogen-bond acceptors (Lipinski definition) is 5. The summed E-state index contributed by atoms with van der Waals surface area (Å²) in [4.78, 5) is 11.6. The summed E-state index contributed by atoms with van der Waals surface area (Å²) in [5.74, 6) is -0.854. The lowest BCUT2D eigenvalue weighted by atomic mass is 10.0. The number of carbonyl (C=O) groups excluding carboxylic acids is 1. The van der Waals surface area contributed by atoms with Crippen molar-refractivity contribution >= 4 is 43.8 Å². The van der Waals surface area contributed by atoms with Crippen molar-refractivity contribution in [2.75, 3.05) is 12.4 Å². The summed E-state index contributed by atoms with van der Waals surface area (Å²) in [6.45, 7) is 0. The molecule has 158 valence electrons. The molecule has 0 aliphatic rings. The number of fused-ring (bicyclic) bond motifs is 1. The first kappa shape index (κ1) is 21.7. The van der Waals surface area contributed by atoms with Gasteiger partial charge in [0.2, 0.25) is 0 Å². The monoisotopic (exact) mass is 459 g/mol. The van der Waals surface area contributed by atoms with E-state index < -0.39 is 31.2 Å². The van der Waals surface area contributed by atoms with Gasteiger partial charge in [0, 0.05) is 10.8 Å². The first-order valence-corrected chi connectivity index (χ1v) is 10.0. The van der Waals surface area contributed by atoms with Crippen LogP contribution in [0, 0.1) is 0 Å². The van der Waals surface area contributed by atoms with Gasteiger partial charge in [-0.1, -0.05) is 35.9 Å². The molecule has 6 nitrogen and oxygen atoms in total. The topological polar surface area (TPSA) is 92.7 Å². The van der Waals surface area contributed by atoms with Crippen LogP contribution in [0.1, 0.15) is 10.4 Å². The fourth-order valence-corrected chi connectivity index (χ4v) is 3.84. The number of halogens is 4. The van der Waals surface area contributed by atoms with E-state index in [0.29, 0.717) is 28.7 Å². The van der Waals surface area contributed by atoms with Crippen molar-refractivity contribution in [3.8, 4) is 11.5 Å². The summed E-state index contributed by atoms with van der Waals surface area (Å²) < 4.78 is 66.3. The Morgan fingerprint density at radius 1 is 1.10 bits per heavy atom. The molecule has 0 unspecified atom stereocenters. The highest BCUT2D eigenvalue weighted by atomic mass is 35.5. The van der Waals surface area contributed by atoms with E-state index in [0.717, 1.165) is 6.07 Å². The molecule has 3 rings (SSSR count). The lowest BCUT2D eigenvalue weighted by Gasteiger charge is -2.14. The number of sulfone groups is 1. The minimum Gasteiger partial charge on any atom is -0.506 e. The van der Waals surface area contributed by atoms with Gasteiger partial charge in [-0.05, 0) is 24.3 Å². The van der Waals surface area contributed by atoms with Crippen LogP contribution in [0.2, 0.25) is 5.02 Å². The third-order valence-electron chi connectivity index (χ3n) is 4.25. The van der Waals surface area contributed by atoms with E-state index in [1.54, 1.807) is 24.3 Å². The maximum atomic E-state index is 12.7. The van der Waals surface area contributed by atoms with Crippen LogP contribution in [0.4, 0.5) is 18.9 Å². The Balaban J connectivity index is 1.98. The van der Waals surface area contributed by atoms with Crippen LogP contribution in [0.5, 0.6) is 11.5 Å². The van der Waals surface area contributed by atoms with Crippen LogP contribution in [0.15, 0.2) is 53.4 Å². The van der Waals surface area contributed by atoms with Gasteiger partial charge in [0.1, 0.15) is 11.5 Å². The molecule has 0 fully saturated rings. The highest BCUT2D eigenvalue weighted by Crippen LogP contribution is 2.37. The SMILES string of the molecule is COc1cc(C(=O)Nc2ccc(S(=O)(=O)C(F)(F)F)cc2Cl)c(O)c2ccccc12. The van der Waals surface area contributed by atoms with Crippen molar-refractivity contribution in [1.82, 2.24) is 0 Å². The molecule has 0 aliphatic carbocycles. The lowest BCUT2D eigenvalue weighted by molar-refractivity contribution is -0.0436. The number of carbonyl (C=O) groups is 1. The Labute approximate surface area is 173 Å². The zero-order chi connectivity index (χ0) is 22.3. The van der Waals surface area contributed by atoms with Crippen LogP contribution in [-0.4, -0.2) is 32.0 Å². The zero-order valence-electron chi connectivity index (χ0n) is 15.1. The number of phenolic OH excluding ortho intramolecular Hbond substituents is 1. The largest absolute Gasteiger partial charge is 0.506 e. The third-order valence-corrected chi connectivity index (χ3v) is 6.04. The van der Waals surface area contributed by atoms with Crippen molar-refractivity contribution in [2.45, 2.75) is 10.4 Å². The average molecular weight is 460 g/mol. The van der Waals surface area contributed by atoms with E-state index >= 15 is 0 Å². The zero-order valence-corrected chi connectivity index (χ0v) is 16.7. The Morgan fingerprint density at radius 3 is 2.30 bits per heavy atom. The molecular formula is C19H13ClF3NO5S. The van der Waals surface area contributed by atoms with Gasteiger partial charge in [-0.25, -0.2) is 8.42 Å². The van der Waals surface area contributed by atoms with E-state index in [2.05, 4.69) is 5.32 Å². The molecule has 0 heterocycles. The summed E-state index contributed by atoms with van der Waals surface area (Å²) in [6.07, 6.45) is 0. The highest BCUT2D eigenvalue weighted by Gasteiger charge is 2.47. The smallest absolute Gasteiger partial charge is 0.501 e. The van der Waals surface area contributed by atoms with Gasteiger partial charge >= 0.3 is 5.51 Å². The highest BCUT2D eigenvalue weighted by molar-refractivity contribution is 7.92. The van der Waals surface area contributed by atoms with E-state index in [1.165, 1.54) is 13.2 Å². The molecule has 0 spiro atoms. The van der Waals surface area contributed by atoms with Gasteiger partial charge in [0.25, 0.3) is 15.7 Å². The summed E-state index contributed by atoms with van der Waals surface area (Å²) in [7, 11) is -4.20. The van der Waals surface area contributed by atoms with Crippen molar-refractivity contribution in [3.05, 3.63) is 59.1 Å². The number of rotatable bonds is 4. The van der Waals surface area contributed by atoms with Crippen LogP contribution < -0.4 is 10.1 Å². The number of alkyl halides is 3.